The Hall–Kier alpha value is -1.89. The summed E-state index contributed by atoms with van der Waals surface area (Å²) >= 11 is 0. The van der Waals surface area contributed by atoms with E-state index in [1.54, 1.807) is 4.68 Å². The lowest BCUT2D eigenvalue weighted by atomic mass is 9.78. The van der Waals surface area contributed by atoms with Crippen molar-refractivity contribution in [3.8, 4) is 0 Å². The number of aromatic nitrogens is 2. The Morgan fingerprint density at radius 3 is 2.67 bits per heavy atom. The number of fused-ring (bicyclic) bond motifs is 2. The number of hydrogen-bond acceptors (Lipinski definition) is 4. The Morgan fingerprint density at radius 2 is 2.10 bits per heavy atom. The van der Waals surface area contributed by atoms with Crippen molar-refractivity contribution in [1.82, 2.24) is 15.1 Å². The molecular formula is C14H19N3O4. The molecule has 2 bridgehead atoms. The van der Waals surface area contributed by atoms with Gasteiger partial charge in [-0.2, -0.15) is 5.10 Å². The Balaban J connectivity index is 1.67. The van der Waals surface area contributed by atoms with Gasteiger partial charge in [-0.1, -0.05) is 0 Å². The fourth-order valence-electron chi connectivity index (χ4n) is 3.45. The molecule has 1 aromatic rings. The molecular weight excluding hydrogens is 274 g/mol. The van der Waals surface area contributed by atoms with Crippen molar-refractivity contribution in [2.24, 2.45) is 18.9 Å². The van der Waals surface area contributed by atoms with Crippen LogP contribution < -0.4 is 5.32 Å². The number of carboxylic acids is 1. The van der Waals surface area contributed by atoms with Crippen molar-refractivity contribution in [3.05, 3.63) is 17.5 Å². The lowest BCUT2D eigenvalue weighted by molar-refractivity contribution is -0.147. The highest BCUT2D eigenvalue weighted by atomic mass is 16.5. The topological polar surface area (TPSA) is 93.5 Å². The van der Waals surface area contributed by atoms with Gasteiger partial charge in [0.1, 0.15) is 0 Å². The highest BCUT2D eigenvalue weighted by molar-refractivity contribution is 5.86. The quantitative estimate of drug-likeness (QED) is 0.828. The first-order chi connectivity index (χ1) is 9.97. The molecule has 2 fully saturated rings. The lowest BCUT2D eigenvalue weighted by Gasteiger charge is -2.23. The van der Waals surface area contributed by atoms with Crippen LogP contribution in [0.25, 0.3) is 0 Å². The molecule has 114 valence electrons. The van der Waals surface area contributed by atoms with Gasteiger partial charge in [-0.05, 0) is 19.8 Å². The van der Waals surface area contributed by atoms with E-state index in [0.29, 0.717) is 6.54 Å². The molecule has 3 rings (SSSR count). The molecule has 1 aromatic heterocycles. The second kappa shape index (κ2) is 5.14. The van der Waals surface area contributed by atoms with E-state index in [9.17, 15) is 14.7 Å². The number of nitrogens with zero attached hydrogens (tertiary/aromatic N) is 2. The minimum absolute atomic E-state index is 0.238. The SMILES string of the molecule is Cc1nn(C)cc1CNC(=O)[C@@H]1[C@H](C(=O)O)[C@H]2CC[C@H]1O2. The molecule has 4 atom stereocenters. The normalized spacial score (nSPS) is 30.6. The minimum Gasteiger partial charge on any atom is -0.481 e. The van der Waals surface area contributed by atoms with Crippen molar-refractivity contribution < 1.29 is 19.4 Å². The van der Waals surface area contributed by atoms with Gasteiger partial charge in [0.15, 0.2) is 0 Å². The maximum atomic E-state index is 12.4. The van der Waals surface area contributed by atoms with Gasteiger partial charge in [-0.3, -0.25) is 14.3 Å². The molecule has 0 unspecified atom stereocenters. The van der Waals surface area contributed by atoms with Crippen LogP contribution in [0.4, 0.5) is 0 Å². The van der Waals surface area contributed by atoms with Crippen molar-refractivity contribution in [2.75, 3.05) is 0 Å². The molecule has 0 aliphatic carbocycles. The number of carboxylic acid groups (broad SMARTS) is 1. The highest BCUT2D eigenvalue weighted by Gasteiger charge is 2.55. The third-order valence-corrected chi connectivity index (χ3v) is 4.43. The van der Waals surface area contributed by atoms with Crippen LogP contribution in [-0.4, -0.2) is 39.0 Å². The molecule has 21 heavy (non-hydrogen) atoms. The van der Waals surface area contributed by atoms with Gasteiger partial charge in [-0.15, -0.1) is 0 Å². The van der Waals surface area contributed by atoms with Gasteiger partial charge in [0.05, 0.1) is 29.7 Å². The van der Waals surface area contributed by atoms with E-state index in [1.165, 1.54) is 0 Å². The number of amides is 1. The third-order valence-electron chi connectivity index (χ3n) is 4.43. The van der Waals surface area contributed by atoms with Crippen LogP contribution in [0.1, 0.15) is 24.1 Å². The molecule has 7 heteroatoms. The summed E-state index contributed by atoms with van der Waals surface area (Å²) in [7, 11) is 1.82. The smallest absolute Gasteiger partial charge is 0.310 e. The molecule has 2 aliphatic heterocycles. The maximum absolute atomic E-state index is 12.4. The van der Waals surface area contributed by atoms with Gasteiger partial charge >= 0.3 is 5.97 Å². The molecule has 0 radical (unpaired) electrons. The summed E-state index contributed by atoms with van der Waals surface area (Å²) < 4.78 is 7.29. The van der Waals surface area contributed by atoms with Crippen molar-refractivity contribution in [1.29, 1.82) is 0 Å². The van der Waals surface area contributed by atoms with E-state index in [4.69, 9.17) is 4.74 Å². The molecule has 3 heterocycles. The van der Waals surface area contributed by atoms with Crippen molar-refractivity contribution in [2.45, 2.75) is 38.5 Å². The number of ether oxygens (including phenoxy) is 1. The zero-order chi connectivity index (χ0) is 15.1. The number of carbonyl (C=O) groups excluding carboxylic acids is 1. The first kappa shape index (κ1) is 14.1. The molecule has 2 saturated heterocycles. The molecule has 0 saturated carbocycles. The van der Waals surface area contributed by atoms with E-state index in [-0.39, 0.29) is 18.1 Å². The number of carbonyl (C=O) groups is 2. The zero-order valence-corrected chi connectivity index (χ0v) is 12.1. The second-order valence-electron chi connectivity index (χ2n) is 5.81. The Kier molecular flexibility index (Phi) is 3.44. The van der Waals surface area contributed by atoms with Gasteiger partial charge in [0, 0.05) is 25.4 Å². The first-order valence-corrected chi connectivity index (χ1v) is 7.12. The summed E-state index contributed by atoms with van der Waals surface area (Å²) in [5.74, 6) is -2.49. The number of aryl methyl sites for hydroxylation is 2. The van der Waals surface area contributed by atoms with Crippen LogP contribution in [-0.2, 0) is 27.9 Å². The molecule has 2 aliphatic rings. The largest absolute Gasteiger partial charge is 0.481 e. The average molecular weight is 293 g/mol. The van der Waals surface area contributed by atoms with Crippen LogP contribution >= 0.6 is 0 Å². The van der Waals surface area contributed by atoms with E-state index < -0.39 is 17.8 Å². The second-order valence-corrected chi connectivity index (χ2v) is 5.81. The van der Waals surface area contributed by atoms with E-state index >= 15 is 0 Å². The summed E-state index contributed by atoms with van der Waals surface area (Å²) in [5, 5.41) is 16.4. The summed E-state index contributed by atoms with van der Waals surface area (Å²) in [6.45, 7) is 2.24. The summed E-state index contributed by atoms with van der Waals surface area (Å²) in [5.41, 5.74) is 1.79. The van der Waals surface area contributed by atoms with Crippen molar-refractivity contribution >= 4 is 11.9 Å². The van der Waals surface area contributed by atoms with E-state index in [0.717, 1.165) is 24.1 Å². The lowest BCUT2D eigenvalue weighted by Crippen LogP contribution is -2.43. The number of aliphatic carboxylic acids is 1. The molecule has 1 amide bonds. The van der Waals surface area contributed by atoms with Crippen LogP contribution in [0.5, 0.6) is 0 Å². The third kappa shape index (κ3) is 2.42. The predicted octanol–water partition coefficient (Wildman–Crippen LogP) is 0.223. The standard InChI is InChI=1S/C14H19N3O4/c1-7-8(6-17(2)16-7)5-15-13(18)11-9-3-4-10(21-9)12(11)14(19)20/h6,9-12H,3-5H2,1-2H3,(H,15,18)(H,19,20)/t9-,10-,11+,12-/m1/s1. The summed E-state index contributed by atoms with van der Waals surface area (Å²) in [6.07, 6.45) is 2.77. The van der Waals surface area contributed by atoms with Crippen LogP contribution in [0, 0.1) is 18.8 Å². The first-order valence-electron chi connectivity index (χ1n) is 7.12. The Bertz CT molecular complexity index is 583. The molecule has 2 N–H and O–H groups in total. The minimum atomic E-state index is -0.945. The van der Waals surface area contributed by atoms with Crippen LogP contribution in [0.2, 0.25) is 0 Å². The average Bonchev–Trinajstić information content (AvgIpc) is 3.09. The van der Waals surface area contributed by atoms with Gasteiger partial charge in [0.25, 0.3) is 0 Å². The van der Waals surface area contributed by atoms with Crippen LogP contribution in [0.15, 0.2) is 6.20 Å². The molecule has 0 aromatic carbocycles. The van der Waals surface area contributed by atoms with Gasteiger partial charge in [-0.25, -0.2) is 0 Å². The fraction of sp³-hybridized carbons (Fsp3) is 0.643. The van der Waals surface area contributed by atoms with E-state index in [1.807, 2.05) is 20.2 Å². The summed E-state index contributed by atoms with van der Waals surface area (Å²) in [4.78, 5) is 23.7. The Labute approximate surface area is 122 Å². The van der Waals surface area contributed by atoms with Crippen LogP contribution in [0.3, 0.4) is 0 Å². The van der Waals surface area contributed by atoms with Gasteiger partial charge < -0.3 is 15.2 Å². The number of nitrogens with one attached hydrogen (secondary N) is 1. The fourth-order valence-corrected chi connectivity index (χ4v) is 3.45. The highest BCUT2D eigenvalue weighted by Crippen LogP contribution is 2.43. The van der Waals surface area contributed by atoms with Crippen molar-refractivity contribution in [3.63, 3.8) is 0 Å². The Morgan fingerprint density at radius 1 is 1.43 bits per heavy atom. The monoisotopic (exact) mass is 293 g/mol. The zero-order valence-electron chi connectivity index (χ0n) is 12.1. The molecule has 0 spiro atoms. The van der Waals surface area contributed by atoms with Gasteiger partial charge in [0.2, 0.25) is 5.91 Å². The number of hydrogen-bond donors (Lipinski definition) is 2. The van der Waals surface area contributed by atoms with E-state index in [2.05, 4.69) is 10.4 Å². The number of rotatable bonds is 4. The summed E-state index contributed by atoms with van der Waals surface area (Å²) in [6, 6.07) is 0. The predicted molar refractivity (Wildman–Crippen MR) is 72.3 cm³/mol. The maximum Gasteiger partial charge on any atom is 0.310 e. The molecule has 7 nitrogen and oxygen atoms in total.